The SMILES string of the molecule is NNC(Cc1cccc(Cl)c1)C1CCOCC1. The van der Waals surface area contributed by atoms with Crippen molar-refractivity contribution in [3.05, 3.63) is 34.9 Å². The van der Waals surface area contributed by atoms with Gasteiger partial charge in [0, 0.05) is 24.3 Å². The Morgan fingerprint density at radius 1 is 1.41 bits per heavy atom. The minimum atomic E-state index is 0.303. The van der Waals surface area contributed by atoms with Gasteiger partial charge in [0.1, 0.15) is 0 Å². The molecule has 94 valence electrons. The molecule has 1 saturated heterocycles. The summed E-state index contributed by atoms with van der Waals surface area (Å²) in [6, 6.07) is 8.28. The zero-order valence-corrected chi connectivity index (χ0v) is 10.6. The molecule has 0 aromatic heterocycles. The van der Waals surface area contributed by atoms with Crippen molar-refractivity contribution in [1.82, 2.24) is 5.43 Å². The summed E-state index contributed by atoms with van der Waals surface area (Å²) in [5.41, 5.74) is 4.17. The van der Waals surface area contributed by atoms with Gasteiger partial charge in [0.15, 0.2) is 0 Å². The lowest BCUT2D eigenvalue weighted by molar-refractivity contribution is 0.0538. The van der Waals surface area contributed by atoms with E-state index in [0.29, 0.717) is 12.0 Å². The minimum absolute atomic E-state index is 0.303. The smallest absolute Gasteiger partial charge is 0.0469 e. The fourth-order valence-electron chi connectivity index (χ4n) is 2.40. The number of hydrogen-bond acceptors (Lipinski definition) is 3. The third kappa shape index (κ3) is 3.68. The van der Waals surface area contributed by atoms with Gasteiger partial charge in [-0.05, 0) is 42.9 Å². The van der Waals surface area contributed by atoms with Gasteiger partial charge in [-0.15, -0.1) is 0 Å². The van der Waals surface area contributed by atoms with Crippen LogP contribution in [-0.4, -0.2) is 19.3 Å². The normalized spacial score (nSPS) is 19.2. The van der Waals surface area contributed by atoms with E-state index in [1.807, 2.05) is 18.2 Å². The van der Waals surface area contributed by atoms with Crippen LogP contribution in [0.2, 0.25) is 5.02 Å². The molecule has 0 amide bonds. The van der Waals surface area contributed by atoms with E-state index in [-0.39, 0.29) is 0 Å². The van der Waals surface area contributed by atoms with Crippen molar-refractivity contribution in [3.63, 3.8) is 0 Å². The van der Waals surface area contributed by atoms with Crippen LogP contribution < -0.4 is 11.3 Å². The average molecular weight is 255 g/mol. The Kier molecular flexibility index (Phi) is 4.80. The molecule has 0 spiro atoms. The number of nitrogens with two attached hydrogens (primary N) is 1. The Labute approximate surface area is 107 Å². The van der Waals surface area contributed by atoms with Crippen molar-refractivity contribution < 1.29 is 4.74 Å². The zero-order chi connectivity index (χ0) is 12.1. The van der Waals surface area contributed by atoms with Crippen molar-refractivity contribution in [3.8, 4) is 0 Å². The fourth-order valence-corrected chi connectivity index (χ4v) is 2.61. The first-order valence-corrected chi connectivity index (χ1v) is 6.45. The van der Waals surface area contributed by atoms with Gasteiger partial charge < -0.3 is 4.74 Å². The summed E-state index contributed by atoms with van der Waals surface area (Å²) in [7, 11) is 0. The molecule has 0 bridgehead atoms. The molecule has 1 aliphatic rings. The Morgan fingerprint density at radius 2 is 2.18 bits per heavy atom. The van der Waals surface area contributed by atoms with Crippen LogP contribution >= 0.6 is 11.6 Å². The van der Waals surface area contributed by atoms with Gasteiger partial charge >= 0.3 is 0 Å². The van der Waals surface area contributed by atoms with Crippen LogP contribution in [-0.2, 0) is 11.2 Å². The first-order valence-electron chi connectivity index (χ1n) is 6.08. The number of rotatable bonds is 4. The molecular formula is C13H19ClN2O. The first-order chi connectivity index (χ1) is 8.29. The van der Waals surface area contributed by atoms with Crippen LogP contribution in [0, 0.1) is 5.92 Å². The monoisotopic (exact) mass is 254 g/mol. The van der Waals surface area contributed by atoms with Gasteiger partial charge in [-0.3, -0.25) is 11.3 Å². The van der Waals surface area contributed by atoms with Crippen molar-refractivity contribution >= 4 is 11.6 Å². The molecular weight excluding hydrogens is 236 g/mol. The first kappa shape index (κ1) is 12.8. The molecule has 2 rings (SSSR count). The fraction of sp³-hybridized carbons (Fsp3) is 0.538. The average Bonchev–Trinajstić information content (AvgIpc) is 2.37. The van der Waals surface area contributed by atoms with E-state index in [2.05, 4.69) is 11.5 Å². The Balaban J connectivity index is 1.98. The number of ether oxygens (including phenoxy) is 1. The molecule has 1 heterocycles. The van der Waals surface area contributed by atoms with E-state index in [4.69, 9.17) is 22.2 Å². The predicted octanol–water partition coefficient (Wildman–Crippen LogP) is 2.14. The van der Waals surface area contributed by atoms with Crippen LogP contribution in [0.15, 0.2) is 24.3 Å². The van der Waals surface area contributed by atoms with Crippen molar-refractivity contribution in [1.29, 1.82) is 0 Å². The summed E-state index contributed by atoms with van der Waals surface area (Å²) < 4.78 is 5.37. The zero-order valence-electron chi connectivity index (χ0n) is 9.86. The van der Waals surface area contributed by atoms with Crippen molar-refractivity contribution in [2.45, 2.75) is 25.3 Å². The molecule has 1 unspecified atom stereocenters. The highest BCUT2D eigenvalue weighted by molar-refractivity contribution is 6.30. The minimum Gasteiger partial charge on any atom is -0.381 e. The number of halogens is 1. The molecule has 3 nitrogen and oxygen atoms in total. The summed E-state index contributed by atoms with van der Waals surface area (Å²) in [5, 5.41) is 0.783. The standard InChI is InChI=1S/C13H19ClN2O/c14-12-3-1-2-10(8-12)9-13(16-15)11-4-6-17-7-5-11/h1-3,8,11,13,16H,4-7,9,15H2. The number of nitrogens with one attached hydrogen (secondary N) is 1. The van der Waals surface area contributed by atoms with E-state index in [0.717, 1.165) is 37.5 Å². The largest absolute Gasteiger partial charge is 0.381 e. The van der Waals surface area contributed by atoms with E-state index in [1.165, 1.54) is 5.56 Å². The van der Waals surface area contributed by atoms with Crippen molar-refractivity contribution in [2.24, 2.45) is 11.8 Å². The third-order valence-electron chi connectivity index (χ3n) is 3.39. The predicted molar refractivity (Wildman–Crippen MR) is 69.8 cm³/mol. The summed E-state index contributed by atoms with van der Waals surface area (Å²) >= 11 is 5.99. The molecule has 3 N–H and O–H groups in total. The second kappa shape index (κ2) is 6.36. The maximum Gasteiger partial charge on any atom is 0.0469 e. The second-order valence-corrected chi connectivity index (χ2v) is 4.99. The van der Waals surface area contributed by atoms with E-state index >= 15 is 0 Å². The highest BCUT2D eigenvalue weighted by atomic mass is 35.5. The van der Waals surface area contributed by atoms with Gasteiger partial charge in [0.25, 0.3) is 0 Å². The summed E-state index contributed by atoms with van der Waals surface area (Å²) in [6.07, 6.45) is 3.08. The van der Waals surface area contributed by atoms with Crippen LogP contribution in [0.4, 0.5) is 0 Å². The van der Waals surface area contributed by atoms with E-state index in [9.17, 15) is 0 Å². The van der Waals surface area contributed by atoms with Crippen LogP contribution in [0.3, 0.4) is 0 Å². The topological polar surface area (TPSA) is 47.3 Å². The summed E-state index contributed by atoms with van der Waals surface area (Å²) in [4.78, 5) is 0. The molecule has 1 atom stereocenters. The lowest BCUT2D eigenvalue weighted by Crippen LogP contribution is -2.44. The molecule has 0 aliphatic carbocycles. The van der Waals surface area contributed by atoms with Gasteiger partial charge in [0.05, 0.1) is 0 Å². The molecule has 1 fully saturated rings. The Hall–Kier alpha value is -0.610. The van der Waals surface area contributed by atoms with Crippen LogP contribution in [0.25, 0.3) is 0 Å². The highest BCUT2D eigenvalue weighted by Crippen LogP contribution is 2.22. The maximum absolute atomic E-state index is 5.99. The molecule has 0 radical (unpaired) electrons. The Morgan fingerprint density at radius 3 is 2.82 bits per heavy atom. The molecule has 17 heavy (non-hydrogen) atoms. The Bertz CT molecular complexity index is 353. The van der Waals surface area contributed by atoms with Crippen molar-refractivity contribution in [2.75, 3.05) is 13.2 Å². The van der Waals surface area contributed by atoms with Crippen LogP contribution in [0.1, 0.15) is 18.4 Å². The van der Waals surface area contributed by atoms with Gasteiger partial charge in [-0.1, -0.05) is 23.7 Å². The molecule has 0 saturated carbocycles. The number of hydrogen-bond donors (Lipinski definition) is 2. The number of benzene rings is 1. The number of hydrazine groups is 1. The van der Waals surface area contributed by atoms with Gasteiger partial charge in [-0.25, -0.2) is 0 Å². The van der Waals surface area contributed by atoms with Gasteiger partial charge in [0.2, 0.25) is 0 Å². The summed E-state index contributed by atoms with van der Waals surface area (Å²) in [6.45, 7) is 1.69. The van der Waals surface area contributed by atoms with Gasteiger partial charge in [-0.2, -0.15) is 0 Å². The maximum atomic E-state index is 5.99. The molecule has 4 heteroatoms. The van der Waals surface area contributed by atoms with Crippen LogP contribution in [0.5, 0.6) is 0 Å². The van der Waals surface area contributed by atoms with E-state index < -0.39 is 0 Å². The molecule has 1 aliphatic heterocycles. The second-order valence-electron chi connectivity index (χ2n) is 4.56. The lowest BCUT2D eigenvalue weighted by atomic mass is 9.88. The quantitative estimate of drug-likeness (QED) is 0.639. The third-order valence-corrected chi connectivity index (χ3v) is 3.63. The van der Waals surface area contributed by atoms with E-state index in [1.54, 1.807) is 0 Å². The summed E-state index contributed by atoms with van der Waals surface area (Å²) in [5.74, 6) is 6.26. The lowest BCUT2D eigenvalue weighted by Gasteiger charge is -2.29. The molecule has 1 aromatic rings. The highest BCUT2D eigenvalue weighted by Gasteiger charge is 2.23. The molecule has 1 aromatic carbocycles.